The van der Waals surface area contributed by atoms with Crippen molar-refractivity contribution < 1.29 is 9.90 Å². The van der Waals surface area contributed by atoms with Crippen molar-refractivity contribution in [1.82, 2.24) is 0 Å². The molecule has 0 radical (unpaired) electrons. The van der Waals surface area contributed by atoms with Crippen molar-refractivity contribution in [3.63, 3.8) is 0 Å². The molecular weight excluding hydrogens is 177 g/mol. The van der Waals surface area contributed by atoms with Gasteiger partial charge in [-0.05, 0) is 0 Å². The van der Waals surface area contributed by atoms with Crippen molar-refractivity contribution in [2.24, 2.45) is 0 Å². The molecule has 4 heteroatoms. The Morgan fingerprint density at radius 1 is 1.46 bits per heavy atom. The number of nitrogens with two attached hydrogens (primary N) is 1. The second-order valence-corrected chi connectivity index (χ2v) is 3.81. The molecule has 0 aliphatic heterocycles. The molecule has 0 spiro atoms. The van der Waals surface area contributed by atoms with Crippen LogP contribution in [0.3, 0.4) is 0 Å². The summed E-state index contributed by atoms with van der Waals surface area (Å²) in [5.41, 5.74) is 6.29. The first-order valence-corrected chi connectivity index (χ1v) is 5.10. The van der Waals surface area contributed by atoms with Gasteiger partial charge in [0, 0.05) is 6.42 Å². The quantitative estimate of drug-likeness (QED) is 0.500. The van der Waals surface area contributed by atoms with Gasteiger partial charge >= 0.3 is 72.4 Å². The number of carboxylic acid groups (broad SMARTS) is 1. The summed E-state index contributed by atoms with van der Waals surface area (Å²) in [5.74, 6) is -0.745. The van der Waals surface area contributed by atoms with Gasteiger partial charge in [-0.1, -0.05) is 6.92 Å². The summed E-state index contributed by atoms with van der Waals surface area (Å²) in [4.78, 5) is 9.37. The molecule has 0 amide bonds. The molecule has 66 valence electrons. The van der Waals surface area contributed by atoms with Crippen LogP contribution < -0.4 is 8.55 Å². The average Bonchev–Trinajstić information content (AvgIpc) is 2.11. The summed E-state index contributed by atoms with van der Waals surface area (Å²) in [5, 5.41) is 7.72. The van der Waals surface area contributed by atoms with E-state index in [-0.39, 0.29) is 6.42 Å². The van der Waals surface area contributed by atoms with E-state index >= 15 is 0 Å². The zero-order chi connectivity index (χ0) is 10.3. The second-order valence-electron chi connectivity index (χ2n) is 2.66. The summed E-state index contributed by atoms with van der Waals surface area (Å²) in [6.07, 6.45) is 0.222. The van der Waals surface area contributed by atoms with Crippen LogP contribution in [0.1, 0.15) is 13.3 Å². The third-order valence-corrected chi connectivity index (χ3v) is 2.05. The predicted molar refractivity (Wildman–Crippen MR) is 54.2 cm³/mol. The van der Waals surface area contributed by atoms with Gasteiger partial charge in [0.05, 0.1) is 0 Å². The summed E-state index contributed by atoms with van der Waals surface area (Å²) in [6.45, 7) is 1.60. The standard InChI is InChI=1S/C6H6N.C3H6O2.Na/c7-6-4-2-1-3-5-6;1-2-3(4)5;/h2-5H,7H2;2H2,1H3,(H,4,5);. The van der Waals surface area contributed by atoms with E-state index in [1.807, 2.05) is 12.1 Å². The van der Waals surface area contributed by atoms with Gasteiger partial charge in [0.25, 0.3) is 0 Å². The Kier molecular flexibility index (Phi) is 6.68. The Bertz CT molecular complexity index is 238. The molecule has 0 atom stereocenters. The minimum absolute atomic E-state index is 0.222. The fourth-order valence-electron chi connectivity index (χ4n) is 0.566. The number of carbonyl (C=O) groups is 1. The zero-order valence-corrected chi connectivity index (χ0v) is 9.95. The number of hydrogen-bond donors (Lipinski definition) is 2. The number of benzene rings is 1. The maximum absolute atomic E-state index is 9.37. The molecule has 0 unspecified atom stereocenters. The van der Waals surface area contributed by atoms with E-state index in [0.29, 0.717) is 0 Å². The van der Waals surface area contributed by atoms with Crippen LogP contribution in [0.2, 0.25) is 0 Å². The average molecular weight is 189 g/mol. The number of aliphatic carboxylic acids is 1. The van der Waals surface area contributed by atoms with E-state index in [0.717, 1.165) is 33.6 Å². The summed E-state index contributed by atoms with van der Waals surface area (Å²) >= 11 is 1.12. The maximum atomic E-state index is 9.37. The van der Waals surface area contributed by atoms with Gasteiger partial charge in [-0.25, -0.2) is 0 Å². The first-order chi connectivity index (χ1) is 6.06. The number of carboxylic acids is 1. The minimum atomic E-state index is -0.745. The van der Waals surface area contributed by atoms with Gasteiger partial charge in [0.1, 0.15) is 0 Å². The Labute approximate surface area is 95.4 Å². The Morgan fingerprint density at radius 3 is 2.08 bits per heavy atom. The topological polar surface area (TPSA) is 63.3 Å². The third-order valence-electron chi connectivity index (χ3n) is 1.38. The van der Waals surface area contributed by atoms with Crippen molar-refractivity contribution in [2.45, 2.75) is 13.3 Å². The van der Waals surface area contributed by atoms with E-state index in [1.54, 1.807) is 6.92 Å². The van der Waals surface area contributed by atoms with Gasteiger partial charge in [-0.2, -0.15) is 0 Å². The molecule has 0 aliphatic rings. The monoisotopic (exact) mass is 189 g/mol. The molecule has 13 heavy (non-hydrogen) atoms. The molecule has 3 nitrogen and oxygen atoms in total. The Hall–Kier alpha value is -0.510. The van der Waals surface area contributed by atoms with Gasteiger partial charge in [-0.3, -0.25) is 4.79 Å². The third kappa shape index (κ3) is 7.84. The van der Waals surface area contributed by atoms with Gasteiger partial charge in [-0.15, -0.1) is 0 Å². The molecular formula is C9H12NNaO2. The van der Waals surface area contributed by atoms with Crippen molar-refractivity contribution in [3.8, 4) is 0 Å². The molecule has 0 heterocycles. The fourth-order valence-corrected chi connectivity index (χ4v) is 0.900. The number of anilines is 1. The van der Waals surface area contributed by atoms with E-state index in [9.17, 15) is 4.79 Å². The summed E-state index contributed by atoms with van der Waals surface area (Å²) in [6, 6.07) is 7.98. The number of nitrogen functional groups attached to an aromatic ring is 1. The molecule has 0 saturated carbocycles. The molecule has 0 aromatic heterocycles. The van der Waals surface area contributed by atoms with E-state index < -0.39 is 5.97 Å². The van der Waals surface area contributed by atoms with Crippen molar-refractivity contribution in [1.29, 1.82) is 0 Å². The Balaban J connectivity index is 0.000000252. The van der Waals surface area contributed by atoms with Crippen LogP contribution in [0, 0.1) is 0 Å². The van der Waals surface area contributed by atoms with Crippen LogP contribution in [0.4, 0.5) is 5.69 Å². The molecule has 0 bridgehead atoms. The fraction of sp³-hybridized carbons (Fsp3) is 0.222. The van der Waals surface area contributed by atoms with Crippen LogP contribution in [0.15, 0.2) is 24.3 Å². The number of hydrogen-bond acceptors (Lipinski definition) is 2. The van der Waals surface area contributed by atoms with Gasteiger partial charge in [0.2, 0.25) is 0 Å². The summed E-state index contributed by atoms with van der Waals surface area (Å²) in [7, 11) is 0. The van der Waals surface area contributed by atoms with E-state index in [4.69, 9.17) is 10.8 Å². The van der Waals surface area contributed by atoms with E-state index in [2.05, 4.69) is 12.1 Å². The van der Waals surface area contributed by atoms with Crippen LogP contribution in [0.25, 0.3) is 0 Å². The zero-order valence-electron chi connectivity index (χ0n) is 7.95. The molecule has 3 N–H and O–H groups in total. The van der Waals surface area contributed by atoms with Crippen molar-refractivity contribution in [2.75, 3.05) is 5.73 Å². The molecule has 0 fully saturated rings. The van der Waals surface area contributed by atoms with Crippen LogP contribution in [-0.4, -0.2) is 39.0 Å². The molecule has 0 aliphatic carbocycles. The normalized spacial score (nSPS) is 8.54. The van der Waals surface area contributed by atoms with Crippen LogP contribution in [-0.2, 0) is 4.79 Å². The first-order valence-electron chi connectivity index (χ1n) is 4.10. The first kappa shape index (κ1) is 12.5. The predicted octanol–water partition coefficient (Wildman–Crippen LogP) is 0.544. The van der Waals surface area contributed by atoms with E-state index in [1.165, 1.54) is 2.81 Å². The van der Waals surface area contributed by atoms with Crippen LogP contribution in [0.5, 0.6) is 0 Å². The molecule has 1 rings (SSSR count). The number of rotatable bonds is 1. The van der Waals surface area contributed by atoms with Gasteiger partial charge in [0.15, 0.2) is 0 Å². The van der Waals surface area contributed by atoms with Crippen LogP contribution >= 0.6 is 0 Å². The molecule has 0 saturated heterocycles. The Morgan fingerprint density at radius 2 is 1.85 bits per heavy atom. The second kappa shape index (κ2) is 6.95. The van der Waals surface area contributed by atoms with Crippen molar-refractivity contribution in [3.05, 3.63) is 24.3 Å². The molecule has 1 aromatic carbocycles. The summed E-state index contributed by atoms with van der Waals surface area (Å²) < 4.78 is 1.39. The van der Waals surface area contributed by atoms with Gasteiger partial charge < -0.3 is 5.11 Å². The SMILES string of the molecule is CCC(=O)O.Nc1cc[c]([Na])cc1. The molecule has 1 aromatic rings. The van der Waals surface area contributed by atoms with Crippen molar-refractivity contribution >= 4 is 42.4 Å².